The van der Waals surface area contributed by atoms with Gasteiger partial charge in [0.2, 0.25) is 0 Å². The van der Waals surface area contributed by atoms with Crippen molar-refractivity contribution < 1.29 is 13.2 Å². The van der Waals surface area contributed by atoms with Crippen molar-refractivity contribution in [1.29, 1.82) is 0 Å². The summed E-state index contributed by atoms with van der Waals surface area (Å²) >= 11 is 5.91. The van der Waals surface area contributed by atoms with Gasteiger partial charge in [0.25, 0.3) is 0 Å². The number of hydrogen-bond donors (Lipinski definition) is 1. The van der Waals surface area contributed by atoms with E-state index in [-0.39, 0.29) is 22.3 Å². The second-order valence-corrected chi connectivity index (χ2v) is 6.93. The second-order valence-electron chi connectivity index (χ2n) is 4.45. The third-order valence-electron chi connectivity index (χ3n) is 2.93. The van der Waals surface area contributed by atoms with Crippen LogP contribution in [0.5, 0.6) is 5.75 Å². The molecule has 0 atom stereocenters. The van der Waals surface area contributed by atoms with Crippen molar-refractivity contribution in [2.75, 3.05) is 12.4 Å². The summed E-state index contributed by atoms with van der Waals surface area (Å²) in [6, 6.07) is 13.6. The first-order chi connectivity index (χ1) is 10.0. The number of nitrogens with two attached hydrogens (primary N) is 1. The van der Waals surface area contributed by atoms with E-state index < -0.39 is 9.84 Å². The Hall–Kier alpha value is -1.56. The lowest BCUT2D eigenvalue weighted by Gasteiger charge is -2.09. The summed E-state index contributed by atoms with van der Waals surface area (Å²) in [7, 11) is -3.46. The van der Waals surface area contributed by atoms with Crippen molar-refractivity contribution in [3.63, 3.8) is 0 Å². The number of rotatable bonds is 6. The highest BCUT2D eigenvalue weighted by Crippen LogP contribution is 2.22. The fourth-order valence-electron chi connectivity index (χ4n) is 1.84. The summed E-state index contributed by atoms with van der Waals surface area (Å²) in [4.78, 5) is 0.131. The van der Waals surface area contributed by atoms with Crippen LogP contribution >= 0.6 is 11.6 Å². The number of sulfone groups is 1. The molecule has 21 heavy (non-hydrogen) atoms. The Morgan fingerprint density at radius 2 is 1.86 bits per heavy atom. The van der Waals surface area contributed by atoms with Crippen LogP contribution in [0.4, 0.5) is 0 Å². The van der Waals surface area contributed by atoms with Crippen LogP contribution in [0, 0.1) is 0 Å². The van der Waals surface area contributed by atoms with E-state index >= 15 is 0 Å². The molecule has 112 valence electrons. The predicted octanol–water partition coefficient (Wildman–Crippen LogP) is 2.65. The monoisotopic (exact) mass is 325 g/mol. The topological polar surface area (TPSA) is 69.4 Å². The molecule has 0 saturated heterocycles. The zero-order valence-corrected chi connectivity index (χ0v) is 12.9. The first kappa shape index (κ1) is 15.8. The Morgan fingerprint density at radius 3 is 2.57 bits per heavy atom. The van der Waals surface area contributed by atoms with Crippen molar-refractivity contribution >= 4 is 21.4 Å². The van der Waals surface area contributed by atoms with Gasteiger partial charge in [0.05, 0.1) is 15.7 Å². The van der Waals surface area contributed by atoms with Gasteiger partial charge in [-0.25, -0.2) is 8.42 Å². The van der Waals surface area contributed by atoms with Crippen LogP contribution in [0.25, 0.3) is 0 Å². The van der Waals surface area contributed by atoms with Crippen LogP contribution in [-0.2, 0) is 16.4 Å². The molecule has 2 aromatic rings. The van der Waals surface area contributed by atoms with E-state index in [1.807, 2.05) is 12.1 Å². The first-order valence-corrected chi connectivity index (χ1v) is 8.45. The van der Waals surface area contributed by atoms with E-state index in [1.165, 1.54) is 6.07 Å². The molecule has 0 aliphatic heterocycles. The molecule has 0 saturated carbocycles. The lowest BCUT2D eigenvalue weighted by Crippen LogP contribution is -2.14. The van der Waals surface area contributed by atoms with Gasteiger partial charge in [-0.3, -0.25) is 0 Å². The van der Waals surface area contributed by atoms with Crippen molar-refractivity contribution in [2.24, 2.45) is 5.73 Å². The van der Waals surface area contributed by atoms with Crippen LogP contribution < -0.4 is 10.5 Å². The van der Waals surface area contributed by atoms with Crippen LogP contribution in [0.2, 0.25) is 5.02 Å². The number of ether oxygens (including phenoxy) is 1. The molecule has 0 aliphatic rings. The summed E-state index contributed by atoms with van der Waals surface area (Å²) < 4.78 is 29.8. The van der Waals surface area contributed by atoms with Gasteiger partial charge in [0.1, 0.15) is 12.4 Å². The quantitative estimate of drug-likeness (QED) is 0.886. The molecule has 0 bridgehead atoms. The van der Waals surface area contributed by atoms with Gasteiger partial charge in [0.15, 0.2) is 9.84 Å². The highest BCUT2D eigenvalue weighted by Gasteiger charge is 2.17. The van der Waals surface area contributed by atoms with Gasteiger partial charge in [-0.2, -0.15) is 0 Å². The Morgan fingerprint density at radius 1 is 1.10 bits per heavy atom. The van der Waals surface area contributed by atoms with E-state index in [9.17, 15) is 8.42 Å². The van der Waals surface area contributed by atoms with Crippen molar-refractivity contribution in [3.05, 3.63) is 59.1 Å². The average molecular weight is 326 g/mol. The van der Waals surface area contributed by atoms with Crippen molar-refractivity contribution in [2.45, 2.75) is 11.4 Å². The molecule has 6 heteroatoms. The molecule has 2 aromatic carbocycles. The fraction of sp³-hybridized carbons (Fsp3) is 0.200. The molecule has 0 amide bonds. The molecule has 0 radical (unpaired) electrons. The van der Waals surface area contributed by atoms with E-state index in [2.05, 4.69) is 0 Å². The van der Waals surface area contributed by atoms with Gasteiger partial charge < -0.3 is 10.5 Å². The Balaban J connectivity index is 2.01. The molecule has 0 aromatic heterocycles. The minimum absolute atomic E-state index is 0.0571. The summed E-state index contributed by atoms with van der Waals surface area (Å²) in [5.74, 6) is 0.469. The van der Waals surface area contributed by atoms with Gasteiger partial charge >= 0.3 is 0 Å². The van der Waals surface area contributed by atoms with Crippen molar-refractivity contribution in [1.82, 2.24) is 0 Å². The molecule has 2 rings (SSSR count). The number of halogens is 1. The van der Waals surface area contributed by atoms with Crippen molar-refractivity contribution in [3.8, 4) is 5.75 Å². The zero-order chi connectivity index (χ0) is 15.3. The molecular formula is C15H16ClNO3S. The van der Waals surface area contributed by atoms with Gasteiger partial charge in [0, 0.05) is 6.54 Å². The maximum Gasteiger partial charge on any atom is 0.183 e. The smallest absolute Gasteiger partial charge is 0.183 e. The molecule has 2 N–H and O–H groups in total. The predicted molar refractivity (Wildman–Crippen MR) is 83.3 cm³/mol. The van der Waals surface area contributed by atoms with Gasteiger partial charge in [-0.05, 0) is 29.8 Å². The standard InChI is InChI=1S/C15H16ClNO3S/c16-14-6-1-2-7-15(14)21(18,19)9-8-20-13-5-3-4-12(10-13)11-17/h1-7,10H,8-9,11,17H2. The largest absolute Gasteiger partial charge is 0.493 e. The minimum atomic E-state index is -3.46. The number of hydrogen-bond acceptors (Lipinski definition) is 4. The van der Waals surface area contributed by atoms with Crippen LogP contribution in [0.15, 0.2) is 53.4 Å². The average Bonchev–Trinajstić information content (AvgIpc) is 2.47. The molecule has 0 heterocycles. The highest BCUT2D eigenvalue weighted by molar-refractivity contribution is 7.91. The Kier molecular flexibility index (Phi) is 5.22. The fourth-order valence-corrected chi connectivity index (χ4v) is 3.50. The highest BCUT2D eigenvalue weighted by atomic mass is 35.5. The number of benzene rings is 2. The van der Waals surface area contributed by atoms with Crippen LogP contribution in [0.1, 0.15) is 5.56 Å². The molecule has 0 aliphatic carbocycles. The van der Waals surface area contributed by atoms with E-state index in [0.717, 1.165) is 5.56 Å². The molecule has 0 fully saturated rings. The maximum atomic E-state index is 12.2. The lowest BCUT2D eigenvalue weighted by molar-refractivity contribution is 0.340. The molecule has 0 unspecified atom stereocenters. The Labute approximate surface area is 129 Å². The minimum Gasteiger partial charge on any atom is -0.493 e. The normalized spacial score (nSPS) is 11.3. The Bertz CT molecular complexity index is 716. The zero-order valence-electron chi connectivity index (χ0n) is 11.3. The summed E-state index contributed by atoms with van der Waals surface area (Å²) in [5.41, 5.74) is 6.48. The van der Waals surface area contributed by atoms with E-state index in [4.69, 9.17) is 22.1 Å². The van der Waals surface area contributed by atoms with Crippen LogP contribution in [-0.4, -0.2) is 20.8 Å². The summed E-state index contributed by atoms with van der Waals surface area (Å²) in [6.45, 7) is 0.469. The SMILES string of the molecule is NCc1cccc(OCCS(=O)(=O)c2ccccc2Cl)c1. The summed E-state index contributed by atoms with van der Waals surface area (Å²) in [6.07, 6.45) is 0. The van der Waals surface area contributed by atoms with E-state index in [0.29, 0.717) is 12.3 Å². The third-order valence-corrected chi connectivity index (χ3v) is 5.10. The third kappa shape index (κ3) is 4.20. The molecular weight excluding hydrogens is 310 g/mol. The van der Waals surface area contributed by atoms with Gasteiger partial charge in [-0.15, -0.1) is 0 Å². The molecule has 4 nitrogen and oxygen atoms in total. The lowest BCUT2D eigenvalue weighted by atomic mass is 10.2. The van der Waals surface area contributed by atoms with Crippen LogP contribution in [0.3, 0.4) is 0 Å². The summed E-state index contributed by atoms with van der Waals surface area (Å²) in [5, 5.41) is 0.225. The second kappa shape index (κ2) is 6.93. The van der Waals surface area contributed by atoms with Gasteiger partial charge in [-0.1, -0.05) is 35.9 Å². The maximum absolute atomic E-state index is 12.2. The first-order valence-electron chi connectivity index (χ1n) is 6.42. The van der Waals surface area contributed by atoms with E-state index in [1.54, 1.807) is 30.3 Å². The molecule has 0 spiro atoms.